The van der Waals surface area contributed by atoms with Gasteiger partial charge in [0, 0.05) is 18.5 Å². The first kappa shape index (κ1) is 12.1. The van der Waals surface area contributed by atoms with Crippen LogP contribution in [0.4, 0.5) is 5.13 Å². The average molecular weight is 229 g/mol. The lowest BCUT2D eigenvalue weighted by Crippen LogP contribution is -2.13. The number of rotatable bonds is 5. The van der Waals surface area contributed by atoms with E-state index in [1.54, 1.807) is 7.11 Å². The summed E-state index contributed by atoms with van der Waals surface area (Å²) in [4.78, 5) is 15.5. The monoisotopic (exact) mass is 229 g/mol. The standard InChI is InChI=1S/C9H15N3O2S/c1-6(10)7-5-15-9(11-7)12-8(13)3-4-14-2/h5-6H,3-4,10H2,1-2H3,(H,11,12,13). The van der Waals surface area contributed by atoms with E-state index in [0.717, 1.165) is 5.69 Å². The van der Waals surface area contributed by atoms with Gasteiger partial charge in [0.1, 0.15) is 0 Å². The van der Waals surface area contributed by atoms with Gasteiger partial charge in [0.2, 0.25) is 5.91 Å². The second-order valence-corrected chi connectivity index (χ2v) is 4.02. The summed E-state index contributed by atoms with van der Waals surface area (Å²) in [6.07, 6.45) is 0.337. The molecule has 3 N–H and O–H groups in total. The molecule has 0 saturated carbocycles. The maximum Gasteiger partial charge on any atom is 0.228 e. The van der Waals surface area contributed by atoms with Crippen LogP contribution in [0.15, 0.2) is 5.38 Å². The number of thiazole rings is 1. The lowest BCUT2D eigenvalue weighted by molar-refractivity contribution is -0.117. The van der Waals surface area contributed by atoms with Crippen LogP contribution in [0, 0.1) is 0 Å². The smallest absolute Gasteiger partial charge is 0.228 e. The first-order chi connectivity index (χ1) is 7.13. The summed E-state index contributed by atoms with van der Waals surface area (Å²) in [5.74, 6) is -0.0950. The summed E-state index contributed by atoms with van der Waals surface area (Å²) in [6.45, 7) is 2.27. The number of anilines is 1. The Morgan fingerprint density at radius 3 is 3.07 bits per heavy atom. The second-order valence-electron chi connectivity index (χ2n) is 3.16. The Balaban J connectivity index is 2.46. The van der Waals surface area contributed by atoms with Crippen molar-refractivity contribution in [3.63, 3.8) is 0 Å². The van der Waals surface area contributed by atoms with Crippen LogP contribution in [0.3, 0.4) is 0 Å². The zero-order chi connectivity index (χ0) is 11.3. The Labute approximate surface area is 92.6 Å². The highest BCUT2D eigenvalue weighted by atomic mass is 32.1. The van der Waals surface area contributed by atoms with Gasteiger partial charge >= 0.3 is 0 Å². The molecule has 84 valence electrons. The topological polar surface area (TPSA) is 77.2 Å². The summed E-state index contributed by atoms with van der Waals surface area (Å²) in [5, 5.41) is 5.12. The Kier molecular flexibility index (Phi) is 4.67. The van der Waals surface area contributed by atoms with Crippen molar-refractivity contribution in [2.45, 2.75) is 19.4 Å². The van der Waals surface area contributed by atoms with E-state index >= 15 is 0 Å². The van der Waals surface area contributed by atoms with E-state index in [4.69, 9.17) is 10.5 Å². The summed E-state index contributed by atoms with van der Waals surface area (Å²) in [6, 6.07) is -0.106. The first-order valence-corrected chi connectivity index (χ1v) is 5.51. The molecule has 1 amide bonds. The van der Waals surface area contributed by atoms with Crippen molar-refractivity contribution in [2.75, 3.05) is 19.0 Å². The first-order valence-electron chi connectivity index (χ1n) is 4.63. The minimum absolute atomic E-state index is 0.0950. The Morgan fingerprint density at radius 1 is 1.80 bits per heavy atom. The van der Waals surface area contributed by atoms with Crippen molar-refractivity contribution in [1.29, 1.82) is 0 Å². The molecule has 1 heterocycles. The van der Waals surface area contributed by atoms with Crippen molar-refractivity contribution >= 4 is 22.4 Å². The van der Waals surface area contributed by atoms with Crippen LogP contribution < -0.4 is 11.1 Å². The van der Waals surface area contributed by atoms with Crippen molar-refractivity contribution in [3.8, 4) is 0 Å². The highest BCUT2D eigenvalue weighted by molar-refractivity contribution is 7.13. The minimum Gasteiger partial charge on any atom is -0.384 e. The molecule has 0 radical (unpaired) electrons. The van der Waals surface area contributed by atoms with Crippen LogP contribution >= 0.6 is 11.3 Å². The molecule has 6 heteroatoms. The third kappa shape index (κ3) is 3.94. The highest BCUT2D eigenvalue weighted by Gasteiger charge is 2.08. The zero-order valence-electron chi connectivity index (χ0n) is 8.82. The molecule has 0 aliphatic rings. The van der Waals surface area contributed by atoms with Gasteiger partial charge in [-0.25, -0.2) is 4.98 Å². The second kappa shape index (κ2) is 5.79. The van der Waals surface area contributed by atoms with Gasteiger partial charge in [-0.05, 0) is 6.92 Å². The average Bonchev–Trinajstić information content (AvgIpc) is 2.63. The zero-order valence-corrected chi connectivity index (χ0v) is 9.63. The molecule has 0 fully saturated rings. The Hall–Kier alpha value is -0.980. The van der Waals surface area contributed by atoms with Gasteiger partial charge in [-0.1, -0.05) is 0 Å². The van der Waals surface area contributed by atoms with Crippen molar-refractivity contribution in [2.24, 2.45) is 5.73 Å². The fourth-order valence-corrected chi connectivity index (χ4v) is 1.76. The molecule has 0 aromatic carbocycles. The van der Waals surface area contributed by atoms with E-state index < -0.39 is 0 Å². The lowest BCUT2D eigenvalue weighted by Gasteiger charge is -2.01. The number of nitrogens with two attached hydrogens (primary N) is 1. The van der Waals surface area contributed by atoms with Gasteiger partial charge in [-0.2, -0.15) is 0 Å². The minimum atomic E-state index is -0.106. The fourth-order valence-electron chi connectivity index (χ4n) is 0.929. The number of amides is 1. The van der Waals surface area contributed by atoms with Gasteiger partial charge in [-0.15, -0.1) is 11.3 Å². The SMILES string of the molecule is COCCC(=O)Nc1nc(C(C)N)cs1. The molecular weight excluding hydrogens is 214 g/mol. The number of aromatic nitrogens is 1. The van der Waals surface area contributed by atoms with Gasteiger partial charge in [0.25, 0.3) is 0 Å². The van der Waals surface area contributed by atoms with E-state index in [2.05, 4.69) is 10.3 Å². The van der Waals surface area contributed by atoms with Crippen molar-refractivity contribution in [3.05, 3.63) is 11.1 Å². The molecule has 0 spiro atoms. The molecule has 0 bridgehead atoms. The third-order valence-electron chi connectivity index (χ3n) is 1.77. The van der Waals surface area contributed by atoms with Crippen LogP contribution in [0.25, 0.3) is 0 Å². The van der Waals surface area contributed by atoms with E-state index in [-0.39, 0.29) is 11.9 Å². The van der Waals surface area contributed by atoms with E-state index in [1.165, 1.54) is 11.3 Å². The van der Waals surface area contributed by atoms with Crippen LogP contribution in [0.5, 0.6) is 0 Å². The normalized spacial score (nSPS) is 12.5. The number of nitrogens with zero attached hydrogens (tertiary/aromatic N) is 1. The van der Waals surface area contributed by atoms with Gasteiger partial charge < -0.3 is 15.8 Å². The number of ether oxygens (including phenoxy) is 1. The molecular formula is C9H15N3O2S. The Bertz CT molecular complexity index is 325. The van der Waals surface area contributed by atoms with Gasteiger partial charge in [-0.3, -0.25) is 4.79 Å². The van der Waals surface area contributed by atoms with Crippen LogP contribution in [0.1, 0.15) is 25.1 Å². The largest absolute Gasteiger partial charge is 0.384 e. The molecule has 1 atom stereocenters. The summed E-state index contributed by atoms with van der Waals surface area (Å²) in [7, 11) is 1.56. The molecule has 15 heavy (non-hydrogen) atoms. The number of carbonyl (C=O) groups is 1. The molecule has 0 saturated heterocycles. The maximum absolute atomic E-state index is 11.3. The molecule has 5 nitrogen and oxygen atoms in total. The van der Waals surface area contributed by atoms with E-state index in [0.29, 0.717) is 18.2 Å². The highest BCUT2D eigenvalue weighted by Crippen LogP contribution is 2.19. The predicted octanol–water partition coefficient (Wildman–Crippen LogP) is 1.14. The molecule has 1 rings (SSSR count). The van der Waals surface area contributed by atoms with Crippen LogP contribution in [0.2, 0.25) is 0 Å². The number of methoxy groups -OCH3 is 1. The molecule has 1 aromatic rings. The lowest BCUT2D eigenvalue weighted by atomic mass is 10.3. The number of carbonyl (C=O) groups excluding carboxylic acids is 1. The molecule has 0 aliphatic heterocycles. The van der Waals surface area contributed by atoms with E-state index in [9.17, 15) is 4.79 Å². The summed E-state index contributed by atoms with van der Waals surface area (Å²) < 4.78 is 4.80. The fraction of sp³-hybridized carbons (Fsp3) is 0.556. The summed E-state index contributed by atoms with van der Waals surface area (Å²) >= 11 is 1.38. The number of hydrogen-bond acceptors (Lipinski definition) is 5. The van der Waals surface area contributed by atoms with Gasteiger partial charge in [0.15, 0.2) is 5.13 Å². The molecule has 1 aromatic heterocycles. The molecule has 0 aliphatic carbocycles. The maximum atomic E-state index is 11.3. The van der Waals surface area contributed by atoms with Crippen LogP contribution in [-0.2, 0) is 9.53 Å². The number of nitrogens with one attached hydrogen (secondary N) is 1. The van der Waals surface area contributed by atoms with Gasteiger partial charge in [0.05, 0.1) is 18.7 Å². The van der Waals surface area contributed by atoms with Crippen molar-refractivity contribution < 1.29 is 9.53 Å². The van der Waals surface area contributed by atoms with Crippen molar-refractivity contribution in [1.82, 2.24) is 4.98 Å². The van der Waals surface area contributed by atoms with E-state index in [1.807, 2.05) is 12.3 Å². The number of hydrogen-bond donors (Lipinski definition) is 2. The Morgan fingerprint density at radius 2 is 2.53 bits per heavy atom. The summed E-state index contributed by atoms with van der Waals surface area (Å²) in [5.41, 5.74) is 6.44. The molecule has 1 unspecified atom stereocenters. The van der Waals surface area contributed by atoms with Crippen LogP contribution in [-0.4, -0.2) is 24.6 Å². The third-order valence-corrected chi connectivity index (χ3v) is 2.54. The predicted molar refractivity (Wildman–Crippen MR) is 59.8 cm³/mol. The quantitative estimate of drug-likeness (QED) is 0.793.